The standard InChI is InChI=1S/C14H19N3O2/c1-3-5-12(18-4-2)13-16-14(19-17-13)10-6-8-11(15)9-7-10/h6-9,12H,3-5,15H2,1-2H3. The summed E-state index contributed by atoms with van der Waals surface area (Å²) >= 11 is 0. The van der Waals surface area contributed by atoms with Gasteiger partial charge in [-0.3, -0.25) is 0 Å². The van der Waals surface area contributed by atoms with Crippen LogP contribution in [0.3, 0.4) is 0 Å². The molecule has 0 bridgehead atoms. The first kappa shape index (κ1) is 13.5. The normalized spacial score (nSPS) is 12.5. The van der Waals surface area contributed by atoms with E-state index in [9.17, 15) is 0 Å². The fourth-order valence-corrected chi connectivity index (χ4v) is 1.86. The number of nitrogens with zero attached hydrogens (tertiary/aromatic N) is 2. The SMILES string of the molecule is CCCC(OCC)c1noc(-c2ccc(N)cc2)n1. The predicted molar refractivity (Wildman–Crippen MR) is 73.4 cm³/mol. The van der Waals surface area contributed by atoms with Gasteiger partial charge in [0.05, 0.1) is 0 Å². The third-order valence-electron chi connectivity index (χ3n) is 2.81. The average molecular weight is 261 g/mol. The summed E-state index contributed by atoms with van der Waals surface area (Å²) in [5.41, 5.74) is 7.22. The van der Waals surface area contributed by atoms with Gasteiger partial charge in [0, 0.05) is 17.9 Å². The van der Waals surface area contributed by atoms with Crippen LogP contribution in [0.2, 0.25) is 0 Å². The van der Waals surface area contributed by atoms with Gasteiger partial charge in [0.1, 0.15) is 6.10 Å². The summed E-state index contributed by atoms with van der Waals surface area (Å²) < 4.78 is 10.9. The van der Waals surface area contributed by atoms with Crippen molar-refractivity contribution >= 4 is 5.69 Å². The predicted octanol–water partition coefficient (Wildman–Crippen LogP) is 3.20. The molecule has 1 atom stereocenters. The van der Waals surface area contributed by atoms with Gasteiger partial charge in [-0.2, -0.15) is 4.98 Å². The van der Waals surface area contributed by atoms with Crippen LogP contribution < -0.4 is 5.73 Å². The largest absolute Gasteiger partial charge is 0.399 e. The van der Waals surface area contributed by atoms with E-state index in [0.717, 1.165) is 18.4 Å². The maximum absolute atomic E-state index is 5.65. The second-order valence-corrected chi connectivity index (χ2v) is 4.31. The lowest BCUT2D eigenvalue weighted by Gasteiger charge is -2.11. The van der Waals surface area contributed by atoms with Gasteiger partial charge >= 0.3 is 0 Å². The maximum Gasteiger partial charge on any atom is 0.258 e. The number of anilines is 1. The van der Waals surface area contributed by atoms with Gasteiger partial charge in [-0.1, -0.05) is 18.5 Å². The van der Waals surface area contributed by atoms with Crippen LogP contribution in [0.1, 0.15) is 38.6 Å². The van der Waals surface area contributed by atoms with Crippen LogP contribution >= 0.6 is 0 Å². The van der Waals surface area contributed by atoms with Crippen molar-refractivity contribution < 1.29 is 9.26 Å². The van der Waals surface area contributed by atoms with Gasteiger partial charge in [-0.25, -0.2) is 0 Å². The smallest absolute Gasteiger partial charge is 0.258 e. The molecule has 102 valence electrons. The van der Waals surface area contributed by atoms with Crippen LogP contribution in [-0.4, -0.2) is 16.7 Å². The highest BCUT2D eigenvalue weighted by Gasteiger charge is 2.18. The van der Waals surface area contributed by atoms with Gasteiger partial charge < -0.3 is 15.0 Å². The first-order valence-corrected chi connectivity index (χ1v) is 6.55. The molecule has 1 heterocycles. The van der Waals surface area contributed by atoms with E-state index in [0.29, 0.717) is 24.0 Å². The van der Waals surface area contributed by atoms with Crippen molar-refractivity contribution in [2.45, 2.75) is 32.8 Å². The molecule has 2 N–H and O–H groups in total. The van der Waals surface area contributed by atoms with Crippen molar-refractivity contribution in [2.24, 2.45) is 0 Å². The number of rotatable bonds is 6. The van der Waals surface area contributed by atoms with Crippen LogP contribution in [-0.2, 0) is 4.74 Å². The summed E-state index contributed by atoms with van der Waals surface area (Å²) in [6, 6.07) is 7.35. The Morgan fingerprint density at radius 2 is 2.00 bits per heavy atom. The Bertz CT molecular complexity index is 502. The molecule has 0 aliphatic rings. The molecule has 1 aromatic carbocycles. The van der Waals surface area contributed by atoms with E-state index in [4.69, 9.17) is 15.0 Å². The van der Waals surface area contributed by atoms with E-state index in [1.165, 1.54) is 0 Å². The fourth-order valence-electron chi connectivity index (χ4n) is 1.86. The van der Waals surface area contributed by atoms with Crippen LogP contribution in [0.4, 0.5) is 5.69 Å². The van der Waals surface area contributed by atoms with Crippen LogP contribution in [0.15, 0.2) is 28.8 Å². The maximum atomic E-state index is 5.65. The Morgan fingerprint density at radius 1 is 1.26 bits per heavy atom. The van der Waals surface area contributed by atoms with Gasteiger partial charge in [-0.05, 0) is 37.6 Å². The Morgan fingerprint density at radius 3 is 2.63 bits per heavy atom. The second-order valence-electron chi connectivity index (χ2n) is 4.31. The molecule has 0 radical (unpaired) electrons. The molecule has 2 rings (SSSR count). The first-order valence-electron chi connectivity index (χ1n) is 6.55. The molecule has 0 saturated carbocycles. The zero-order chi connectivity index (χ0) is 13.7. The van der Waals surface area contributed by atoms with E-state index in [1.807, 2.05) is 31.2 Å². The van der Waals surface area contributed by atoms with E-state index in [-0.39, 0.29) is 6.10 Å². The molecule has 0 saturated heterocycles. The number of nitrogens with two attached hydrogens (primary N) is 1. The van der Waals surface area contributed by atoms with Gasteiger partial charge in [0.15, 0.2) is 0 Å². The molecule has 19 heavy (non-hydrogen) atoms. The molecule has 5 heteroatoms. The van der Waals surface area contributed by atoms with E-state index >= 15 is 0 Å². The summed E-state index contributed by atoms with van der Waals surface area (Å²) in [5.74, 6) is 1.10. The number of hydrogen-bond acceptors (Lipinski definition) is 5. The number of ether oxygens (including phenoxy) is 1. The minimum absolute atomic E-state index is 0.0960. The molecule has 0 amide bonds. The van der Waals surface area contributed by atoms with Gasteiger partial charge in [0.2, 0.25) is 5.82 Å². The minimum Gasteiger partial charge on any atom is -0.399 e. The molecule has 5 nitrogen and oxygen atoms in total. The lowest BCUT2D eigenvalue weighted by Crippen LogP contribution is -2.05. The van der Waals surface area contributed by atoms with E-state index in [2.05, 4.69) is 17.1 Å². The Hall–Kier alpha value is -1.88. The van der Waals surface area contributed by atoms with Crippen molar-refractivity contribution in [1.29, 1.82) is 0 Å². The third kappa shape index (κ3) is 3.32. The summed E-state index contributed by atoms with van der Waals surface area (Å²) in [4.78, 5) is 4.40. The lowest BCUT2D eigenvalue weighted by molar-refractivity contribution is 0.0478. The molecule has 0 aliphatic carbocycles. The topological polar surface area (TPSA) is 74.2 Å². The van der Waals surface area contributed by atoms with Crippen molar-refractivity contribution in [2.75, 3.05) is 12.3 Å². The zero-order valence-corrected chi connectivity index (χ0v) is 11.3. The van der Waals surface area contributed by atoms with Crippen molar-refractivity contribution in [3.63, 3.8) is 0 Å². The quantitative estimate of drug-likeness (QED) is 0.808. The Labute approximate surface area is 112 Å². The number of aromatic nitrogens is 2. The van der Waals surface area contributed by atoms with E-state index < -0.39 is 0 Å². The van der Waals surface area contributed by atoms with Crippen molar-refractivity contribution in [3.05, 3.63) is 30.1 Å². The highest BCUT2D eigenvalue weighted by Crippen LogP contribution is 2.24. The van der Waals surface area contributed by atoms with Crippen LogP contribution in [0.5, 0.6) is 0 Å². The molecule has 1 unspecified atom stereocenters. The van der Waals surface area contributed by atoms with Crippen LogP contribution in [0, 0.1) is 0 Å². The third-order valence-corrected chi connectivity index (χ3v) is 2.81. The molecule has 1 aromatic heterocycles. The molecular weight excluding hydrogens is 242 g/mol. The highest BCUT2D eigenvalue weighted by atomic mass is 16.5. The van der Waals surface area contributed by atoms with Crippen molar-refractivity contribution in [1.82, 2.24) is 10.1 Å². The minimum atomic E-state index is -0.0960. The Kier molecular flexibility index (Phi) is 4.52. The molecule has 0 spiro atoms. The monoisotopic (exact) mass is 261 g/mol. The summed E-state index contributed by atoms with van der Waals surface area (Å²) in [5, 5.41) is 4.01. The second kappa shape index (κ2) is 6.33. The van der Waals surface area contributed by atoms with E-state index in [1.54, 1.807) is 0 Å². The van der Waals surface area contributed by atoms with Gasteiger partial charge in [0.25, 0.3) is 5.89 Å². The molecule has 2 aromatic rings. The van der Waals surface area contributed by atoms with Gasteiger partial charge in [-0.15, -0.1) is 0 Å². The summed E-state index contributed by atoms with van der Waals surface area (Å²) in [6.07, 6.45) is 1.80. The zero-order valence-electron chi connectivity index (χ0n) is 11.3. The molecule has 0 fully saturated rings. The fraction of sp³-hybridized carbons (Fsp3) is 0.429. The molecular formula is C14H19N3O2. The summed E-state index contributed by atoms with van der Waals surface area (Å²) in [6.45, 7) is 4.70. The number of benzene rings is 1. The first-order chi connectivity index (χ1) is 9.24. The Balaban J connectivity index is 2.19. The summed E-state index contributed by atoms with van der Waals surface area (Å²) in [7, 11) is 0. The van der Waals surface area contributed by atoms with Crippen molar-refractivity contribution in [3.8, 4) is 11.5 Å². The highest BCUT2D eigenvalue weighted by molar-refractivity contribution is 5.56. The number of hydrogen-bond donors (Lipinski definition) is 1. The average Bonchev–Trinajstić information content (AvgIpc) is 2.89. The van der Waals surface area contributed by atoms with Crippen LogP contribution in [0.25, 0.3) is 11.5 Å². The lowest BCUT2D eigenvalue weighted by atomic mass is 10.2. The molecule has 0 aliphatic heterocycles. The number of nitrogen functional groups attached to an aromatic ring is 1.